The van der Waals surface area contributed by atoms with Gasteiger partial charge >= 0.3 is 0 Å². The van der Waals surface area contributed by atoms with Gasteiger partial charge in [-0.25, -0.2) is 8.42 Å². The third-order valence-electron chi connectivity index (χ3n) is 5.26. The summed E-state index contributed by atoms with van der Waals surface area (Å²) in [4.78, 5) is 4.18. The predicted molar refractivity (Wildman–Crippen MR) is 117 cm³/mol. The average Bonchev–Trinajstić information content (AvgIpc) is 2.71. The van der Waals surface area contributed by atoms with Gasteiger partial charge in [-0.2, -0.15) is 9.57 Å². The number of aryl methyl sites for hydroxylation is 2. The highest BCUT2D eigenvalue weighted by molar-refractivity contribution is 8.00. The van der Waals surface area contributed by atoms with Crippen molar-refractivity contribution < 1.29 is 8.42 Å². The molecule has 1 aliphatic heterocycles. The van der Waals surface area contributed by atoms with Crippen LogP contribution in [-0.2, 0) is 10.0 Å². The molecule has 29 heavy (non-hydrogen) atoms. The maximum atomic E-state index is 13.5. The lowest BCUT2D eigenvalue weighted by Crippen LogP contribution is -2.50. The molecule has 1 heterocycles. The zero-order valence-corrected chi connectivity index (χ0v) is 19.0. The van der Waals surface area contributed by atoms with Crippen LogP contribution in [0, 0.1) is 25.2 Å². The minimum atomic E-state index is -3.68. The van der Waals surface area contributed by atoms with Crippen molar-refractivity contribution in [1.82, 2.24) is 9.21 Å². The highest BCUT2D eigenvalue weighted by Gasteiger charge is 2.31. The minimum absolute atomic E-state index is 0.223. The maximum Gasteiger partial charge on any atom is 0.244 e. The van der Waals surface area contributed by atoms with Crippen molar-refractivity contribution in [2.24, 2.45) is 0 Å². The summed E-state index contributed by atoms with van der Waals surface area (Å²) in [5, 5.41) is 9.32. The Morgan fingerprint density at radius 3 is 2.31 bits per heavy atom. The molecule has 0 spiro atoms. The van der Waals surface area contributed by atoms with E-state index in [-0.39, 0.29) is 4.90 Å². The Morgan fingerprint density at radius 1 is 1.00 bits per heavy atom. The van der Waals surface area contributed by atoms with Gasteiger partial charge in [-0.3, -0.25) is 4.90 Å². The van der Waals surface area contributed by atoms with Gasteiger partial charge in [0.15, 0.2) is 0 Å². The molecule has 0 saturated carbocycles. The number of rotatable bonds is 5. The summed E-state index contributed by atoms with van der Waals surface area (Å²) in [5.41, 5.74) is 2.58. The largest absolute Gasteiger partial charge is 0.298 e. The van der Waals surface area contributed by atoms with E-state index in [9.17, 15) is 13.7 Å². The van der Waals surface area contributed by atoms with E-state index in [0.717, 1.165) is 16.0 Å². The lowest BCUT2D eigenvalue weighted by atomic mass is 10.2. The molecular formula is C22H27N3O2S2. The van der Waals surface area contributed by atoms with Crippen LogP contribution in [0.5, 0.6) is 0 Å². The first-order valence-electron chi connectivity index (χ1n) is 9.76. The van der Waals surface area contributed by atoms with Gasteiger partial charge in [-0.1, -0.05) is 23.9 Å². The number of nitriles is 1. The Hall–Kier alpha value is -1.85. The average molecular weight is 430 g/mol. The van der Waals surface area contributed by atoms with Gasteiger partial charge in [0.1, 0.15) is 0 Å². The number of hydrogen-bond donors (Lipinski definition) is 0. The van der Waals surface area contributed by atoms with Crippen molar-refractivity contribution in [2.75, 3.05) is 26.2 Å². The SMILES string of the molecule is Cc1ccc(C)c(Sc2ccc(C#N)cc2S(=O)(=O)N2CCN(C(C)C)CC2)c1. The highest BCUT2D eigenvalue weighted by atomic mass is 32.2. The summed E-state index contributed by atoms with van der Waals surface area (Å²) >= 11 is 1.44. The van der Waals surface area contributed by atoms with Gasteiger partial charge < -0.3 is 0 Å². The molecule has 1 saturated heterocycles. The Kier molecular flexibility index (Phi) is 6.69. The molecule has 0 radical (unpaired) electrons. The van der Waals surface area contributed by atoms with Crippen molar-refractivity contribution in [1.29, 1.82) is 5.26 Å². The second-order valence-corrected chi connectivity index (χ2v) is 10.7. The molecule has 7 heteroatoms. The standard InChI is InChI=1S/C22H27N3O2S2/c1-16(2)24-9-11-25(12-10-24)29(26,27)22-14-19(15-23)7-8-20(22)28-21-13-17(3)5-6-18(21)4/h5-8,13-14,16H,9-12H2,1-4H3. The maximum absolute atomic E-state index is 13.5. The molecule has 0 amide bonds. The summed E-state index contributed by atoms with van der Waals surface area (Å²) in [6.45, 7) is 10.6. The van der Waals surface area contributed by atoms with E-state index in [4.69, 9.17) is 0 Å². The highest BCUT2D eigenvalue weighted by Crippen LogP contribution is 2.37. The molecule has 3 rings (SSSR count). The number of nitrogens with zero attached hydrogens (tertiary/aromatic N) is 3. The molecule has 0 aliphatic carbocycles. The Balaban J connectivity index is 1.97. The van der Waals surface area contributed by atoms with E-state index in [1.165, 1.54) is 17.8 Å². The van der Waals surface area contributed by atoms with E-state index in [1.54, 1.807) is 16.4 Å². The van der Waals surface area contributed by atoms with Crippen LogP contribution in [0.15, 0.2) is 51.1 Å². The molecule has 1 fully saturated rings. The summed E-state index contributed by atoms with van der Waals surface area (Å²) in [5.74, 6) is 0. The van der Waals surface area contributed by atoms with Crippen LogP contribution >= 0.6 is 11.8 Å². The summed E-state index contributed by atoms with van der Waals surface area (Å²) in [6.07, 6.45) is 0. The quantitative estimate of drug-likeness (QED) is 0.718. The van der Waals surface area contributed by atoms with Crippen molar-refractivity contribution in [3.63, 3.8) is 0 Å². The van der Waals surface area contributed by atoms with Crippen LogP contribution in [0.1, 0.15) is 30.5 Å². The van der Waals surface area contributed by atoms with Gasteiger partial charge in [0, 0.05) is 42.0 Å². The topological polar surface area (TPSA) is 64.4 Å². The van der Waals surface area contributed by atoms with Gasteiger partial charge in [0.25, 0.3) is 0 Å². The van der Waals surface area contributed by atoms with Crippen LogP contribution in [0.25, 0.3) is 0 Å². The number of piperazine rings is 1. The summed E-state index contributed by atoms with van der Waals surface area (Å²) < 4.78 is 28.5. The molecule has 2 aromatic rings. The predicted octanol–water partition coefficient (Wildman–Crippen LogP) is 4.04. The lowest BCUT2D eigenvalue weighted by Gasteiger charge is -2.36. The number of hydrogen-bond acceptors (Lipinski definition) is 5. The fraction of sp³-hybridized carbons (Fsp3) is 0.409. The molecule has 0 N–H and O–H groups in total. The third-order valence-corrected chi connectivity index (χ3v) is 8.56. The first-order chi connectivity index (χ1) is 13.7. The van der Waals surface area contributed by atoms with Gasteiger partial charge in [-0.15, -0.1) is 0 Å². The Bertz CT molecular complexity index is 1030. The van der Waals surface area contributed by atoms with Crippen molar-refractivity contribution in [3.05, 3.63) is 53.1 Å². The Labute approximate surface area is 178 Å². The molecule has 0 unspecified atom stereocenters. The van der Waals surface area contributed by atoms with Crippen molar-refractivity contribution in [2.45, 2.75) is 48.4 Å². The molecule has 1 aliphatic rings. The summed E-state index contributed by atoms with van der Waals surface area (Å²) in [6, 6.07) is 13.6. The molecule has 2 aromatic carbocycles. The zero-order chi connectivity index (χ0) is 21.2. The number of sulfonamides is 1. The molecule has 0 aromatic heterocycles. The lowest BCUT2D eigenvalue weighted by molar-refractivity contribution is 0.154. The smallest absolute Gasteiger partial charge is 0.244 e. The van der Waals surface area contributed by atoms with Gasteiger partial charge in [-0.05, 0) is 63.1 Å². The van der Waals surface area contributed by atoms with Crippen LogP contribution in [0.3, 0.4) is 0 Å². The first-order valence-corrected chi connectivity index (χ1v) is 12.0. The Morgan fingerprint density at radius 2 is 1.69 bits per heavy atom. The van der Waals surface area contributed by atoms with Crippen LogP contribution < -0.4 is 0 Å². The normalized spacial score (nSPS) is 16.1. The second-order valence-electron chi connectivity index (χ2n) is 7.68. The molecular weight excluding hydrogens is 402 g/mol. The first kappa shape index (κ1) is 21.8. The van der Waals surface area contributed by atoms with Crippen molar-refractivity contribution >= 4 is 21.8 Å². The van der Waals surface area contributed by atoms with E-state index in [2.05, 4.69) is 30.9 Å². The van der Waals surface area contributed by atoms with Crippen LogP contribution in [0.2, 0.25) is 0 Å². The van der Waals surface area contributed by atoms with Crippen LogP contribution in [0.4, 0.5) is 0 Å². The monoisotopic (exact) mass is 429 g/mol. The van der Waals surface area contributed by atoms with E-state index >= 15 is 0 Å². The molecule has 0 bridgehead atoms. The van der Waals surface area contributed by atoms with E-state index in [0.29, 0.717) is 42.7 Å². The van der Waals surface area contributed by atoms with Crippen LogP contribution in [-0.4, -0.2) is 49.8 Å². The fourth-order valence-electron chi connectivity index (χ4n) is 3.40. The van der Waals surface area contributed by atoms with Gasteiger partial charge in [0.2, 0.25) is 10.0 Å². The summed E-state index contributed by atoms with van der Waals surface area (Å²) in [7, 11) is -3.68. The molecule has 5 nitrogen and oxygen atoms in total. The molecule has 0 atom stereocenters. The zero-order valence-electron chi connectivity index (χ0n) is 17.3. The minimum Gasteiger partial charge on any atom is -0.298 e. The van der Waals surface area contributed by atoms with E-state index < -0.39 is 10.0 Å². The van der Waals surface area contributed by atoms with Gasteiger partial charge in [0.05, 0.1) is 16.5 Å². The van der Waals surface area contributed by atoms with Crippen molar-refractivity contribution in [3.8, 4) is 6.07 Å². The number of benzene rings is 2. The fourth-order valence-corrected chi connectivity index (χ4v) is 6.37. The third kappa shape index (κ3) is 4.84. The molecule has 154 valence electrons. The second kappa shape index (κ2) is 8.88. The van der Waals surface area contributed by atoms with E-state index in [1.807, 2.05) is 26.0 Å².